The van der Waals surface area contributed by atoms with Crippen molar-refractivity contribution in [2.24, 2.45) is 5.92 Å². The summed E-state index contributed by atoms with van der Waals surface area (Å²) in [5, 5.41) is 9.16. The van der Waals surface area contributed by atoms with Gasteiger partial charge in [0.05, 0.1) is 14.2 Å². The van der Waals surface area contributed by atoms with E-state index in [9.17, 15) is 4.79 Å². The van der Waals surface area contributed by atoms with Gasteiger partial charge in [0.15, 0.2) is 11.5 Å². The van der Waals surface area contributed by atoms with Gasteiger partial charge >= 0.3 is 5.97 Å². The Labute approximate surface area is 102 Å². The van der Waals surface area contributed by atoms with E-state index in [-0.39, 0.29) is 5.92 Å². The number of methoxy groups -OCH3 is 2. The highest BCUT2D eigenvalue weighted by Crippen LogP contribution is 2.38. The third-order valence-corrected chi connectivity index (χ3v) is 4.17. The van der Waals surface area contributed by atoms with Crippen molar-refractivity contribution in [1.29, 1.82) is 0 Å². The topological polar surface area (TPSA) is 55.8 Å². The second kappa shape index (κ2) is 4.42. The molecule has 0 bridgehead atoms. The zero-order chi connectivity index (χ0) is 11.6. The molecule has 15 heavy (non-hydrogen) atoms. The summed E-state index contributed by atoms with van der Waals surface area (Å²) in [5.41, 5.74) is 0. The molecule has 1 aliphatic rings. The first-order valence-electron chi connectivity index (χ1n) is 4.41. The van der Waals surface area contributed by atoms with E-state index >= 15 is 0 Å². The summed E-state index contributed by atoms with van der Waals surface area (Å²) in [6.45, 7) is 1.84. The summed E-state index contributed by atoms with van der Waals surface area (Å²) in [6.07, 6.45) is 3.35. The van der Waals surface area contributed by atoms with Gasteiger partial charge in [-0.25, -0.2) is 0 Å². The van der Waals surface area contributed by atoms with Gasteiger partial charge < -0.3 is 14.6 Å². The average Bonchev–Trinajstić information content (AvgIpc) is 2.21. The molecule has 0 saturated heterocycles. The Morgan fingerprint density at radius 3 is 2.40 bits per heavy atom. The standard InChI is InChI=1S/C10H13IO4/c1-6-4-7(14-2)8(15-3)5-10(6,11)9(12)13/h4-6H,1-3H3,(H,12,13). The summed E-state index contributed by atoms with van der Waals surface area (Å²) >= 11 is 1.91. The fraction of sp³-hybridized carbons (Fsp3) is 0.500. The second-order valence-electron chi connectivity index (χ2n) is 3.31. The van der Waals surface area contributed by atoms with E-state index < -0.39 is 9.39 Å². The fourth-order valence-corrected chi connectivity index (χ4v) is 1.87. The molecular formula is C10H13IO4. The van der Waals surface area contributed by atoms with Crippen LogP contribution < -0.4 is 0 Å². The van der Waals surface area contributed by atoms with Crippen LogP contribution in [0.25, 0.3) is 0 Å². The third-order valence-electron chi connectivity index (χ3n) is 2.42. The predicted octanol–water partition coefficient (Wildman–Crippen LogP) is 1.96. The number of carbonyl (C=O) groups is 1. The first kappa shape index (κ1) is 12.4. The molecule has 0 aromatic carbocycles. The van der Waals surface area contributed by atoms with E-state index in [1.165, 1.54) is 14.2 Å². The van der Waals surface area contributed by atoms with Gasteiger partial charge in [-0.15, -0.1) is 0 Å². The lowest BCUT2D eigenvalue weighted by Gasteiger charge is -2.29. The fourth-order valence-electron chi connectivity index (χ4n) is 1.41. The van der Waals surface area contributed by atoms with Crippen LogP contribution >= 0.6 is 22.6 Å². The van der Waals surface area contributed by atoms with E-state index in [0.717, 1.165) is 0 Å². The van der Waals surface area contributed by atoms with E-state index in [1.807, 2.05) is 29.5 Å². The van der Waals surface area contributed by atoms with Crippen molar-refractivity contribution < 1.29 is 19.4 Å². The Morgan fingerprint density at radius 2 is 2.00 bits per heavy atom. The maximum Gasteiger partial charge on any atom is 0.324 e. The molecule has 0 heterocycles. The minimum atomic E-state index is -0.967. The Hall–Kier alpha value is -0.720. The van der Waals surface area contributed by atoms with Crippen molar-refractivity contribution in [1.82, 2.24) is 0 Å². The minimum Gasteiger partial charge on any atom is -0.493 e. The third kappa shape index (κ3) is 2.11. The summed E-state index contributed by atoms with van der Waals surface area (Å²) in [4.78, 5) is 11.2. The van der Waals surface area contributed by atoms with Crippen LogP contribution in [0.2, 0.25) is 0 Å². The number of carboxylic acids is 1. The van der Waals surface area contributed by atoms with Gasteiger partial charge in [0.25, 0.3) is 0 Å². The second-order valence-corrected chi connectivity index (χ2v) is 5.09. The van der Waals surface area contributed by atoms with Crippen LogP contribution in [0.4, 0.5) is 0 Å². The number of carboxylic acid groups (broad SMARTS) is 1. The molecule has 0 amide bonds. The maximum atomic E-state index is 11.2. The van der Waals surface area contributed by atoms with Crippen molar-refractivity contribution in [3.05, 3.63) is 23.7 Å². The van der Waals surface area contributed by atoms with Crippen LogP contribution in [0.1, 0.15) is 6.92 Å². The van der Waals surface area contributed by atoms with Gasteiger partial charge in [0.1, 0.15) is 3.42 Å². The summed E-state index contributed by atoms with van der Waals surface area (Å²) in [6, 6.07) is 0. The molecule has 2 atom stereocenters. The molecule has 1 aliphatic carbocycles. The number of hydrogen-bond donors (Lipinski definition) is 1. The number of alkyl halides is 1. The Morgan fingerprint density at radius 1 is 1.47 bits per heavy atom. The number of allylic oxidation sites excluding steroid dienone is 1. The highest BCUT2D eigenvalue weighted by Gasteiger charge is 2.42. The number of aliphatic carboxylic acids is 1. The highest BCUT2D eigenvalue weighted by atomic mass is 127. The van der Waals surface area contributed by atoms with Crippen LogP contribution in [0.5, 0.6) is 0 Å². The molecule has 0 radical (unpaired) electrons. The van der Waals surface area contributed by atoms with Gasteiger partial charge in [-0.05, 0) is 12.2 Å². The molecule has 0 saturated carbocycles. The van der Waals surface area contributed by atoms with Crippen LogP contribution in [-0.2, 0) is 14.3 Å². The van der Waals surface area contributed by atoms with E-state index in [0.29, 0.717) is 11.5 Å². The molecule has 5 heteroatoms. The molecule has 2 unspecified atom stereocenters. The Bertz CT molecular complexity index is 334. The summed E-state index contributed by atoms with van der Waals surface area (Å²) in [5.74, 6) is 0.0203. The Balaban J connectivity index is 3.14. The van der Waals surface area contributed by atoms with Crippen molar-refractivity contribution in [3.63, 3.8) is 0 Å². The number of rotatable bonds is 3. The molecule has 0 aliphatic heterocycles. The first-order chi connectivity index (χ1) is 6.95. The Kier molecular flexibility index (Phi) is 3.64. The lowest BCUT2D eigenvalue weighted by molar-refractivity contribution is -0.138. The van der Waals surface area contributed by atoms with Crippen LogP contribution in [0.15, 0.2) is 23.7 Å². The quantitative estimate of drug-likeness (QED) is 0.637. The van der Waals surface area contributed by atoms with Crippen molar-refractivity contribution in [2.75, 3.05) is 14.2 Å². The summed E-state index contributed by atoms with van der Waals surface area (Å²) in [7, 11) is 3.03. The van der Waals surface area contributed by atoms with E-state index in [4.69, 9.17) is 14.6 Å². The zero-order valence-corrected chi connectivity index (χ0v) is 10.9. The smallest absolute Gasteiger partial charge is 0.324 e. The highest BCUT2D eigenvalue weighted by molar-refractivity contribution is 14.1. The van der Waals surface area contributed by atoms with Crippen LogP contribution in [0, 0.1) is 5.92 Å². The molecule has 84 valence electrons. The van der Waals surface area contributed by atoms with Gasteiger partial charge in [-0.2, -0.15) is 0 Å². The van der Waals surface area contributed by atoms with Gasteiger partial charge in [0.2, 0.25) is 0 Å². The van der Waals surface area contributed by atoms with Crippen molar-refractivity contribution in [2.45, 2.75) is 10.3 Å². The van der Waals surface area contributed by atoms with Gasteiger partial charge in [-0.3, -0.25) is 4.79 Å². The normalized spacial score (nSPS) is 30.3. The summed E-state index contributed by atoms with van der Waals surface area (Å²) < 4.78 is 9.23. The van der Waals surface area contributed by atoms with E-state index in [2.05, 4.69) is 0 Å². The molecule has 1 rings (SSSR count). The molecular weight excluding hydrogens is 311 g/mol. The molecule has 4 nitrogen and oxygen atoms in total. The average molecular weight is 324 g/mol. The number of ether oxygens (including phenoxy) is 2. The number of hydrogen-bond acceptors (Lipinski definition) is 3. The molecule has 0 aromatic rings. The lowest BCUT2D eigenvalue weighted by Crippen LogP contribution is -2.38. The molecule has 0 fully saturated rings. The van der Waals surface area contributed by atoms with Crippen LogP contribution in [-0.4, -0.2) is 28.7 Å². The largest absolute Gasteiger partial charge is 0.493 e. The molecule has 0 spiro atoms. The molecule has 0 aromatic heterocycles. The first-order valence-corrected chi connectivity index (χ1v) is 5.49. The molecule has 1 N–H and O–H groups in total. The van der Waals surface area contributed by atoms with Crippen molar-refractivity contribution in [3.8, 4) is 0 Å². The number of halogens is 1. The zero-order valence-electron chi connectivity index (χ0n) is 8.78. The van der Waals surface area contributed by atoms with E-state index in [1.54, 1.807) is 12.2 Å². The lowest BCUT2D eigenvalue weighted by atomic mass is 9.88. The monoisotopic (exact) mass is 324 g/mol. The van der Waals surface area contributed by atoms with Gasteiger partial charge in [0, 0.05) is 5.92 Å². The van der Waals surface area contributed by atoms with Crippen LogP contribution in [0.3, 0.4) is 0 Å². The maximum absolute atomic E-state index is 11.2. The van der Waals surface area contributed by atoms with Gasteiger partial charge in [-0.1, -0.05) is 29.5 Å². The SMILES string of the molecule is COC1=CC(C)C(I)(C(=O)O)C=C1OC. The van der Waals surface area contributed by atoms with Crippen molar-refractivity contribution >= 4 is 28.6 Å². The predicted molar refractivity (Wildman–Crippen MR) is 63.7 cm³/mol. The minimum absolute atomic E-state index is 0.149.